The maximum absolute atomic E-state index is 13.7. The first-order valence-electron chi connectivity index (χ1n) is 12.7. The minimum Gasteiger partial charge on any atom is -0.355 e. The number of carbonyl (C=O) groups is 2. The van der Waals surface area contributed by atoms with E-state index in [2.05, 4.69) is 21.2 Å². The van der Waals surface area contributed by atoms with Gasteiger partial charge in [-0.3, -0.25) is 13.9 Å². The molecule has 0 aliphatic rings. The number of nitrogens with one attached hydrogen (secondary N) is 1. The average Bonchev–Trinajstić information content (AvgIpc) is 2.89. The molecule has 0 bridgehead atoms. The molecule has 7 nitrogen and oxygen atoms in total. The van der Waals surface area contributed by atoms with Crippen molar-refractivity contribution in [3.05, 3.63) is 99.5 Å². The van der Waals surface area contributed by atoms with Crippen LogP contribution < -0.4 is 9.62 Å². The third kappa shape index (κ3) is 9.37. The van der Waals surface area contributed by atoms with E-state index in [9.17, 15) is 18.0 Å². The molecular weight excluding hydrogens is 602 g/mol. The van der Waals surface area contributed by atoms with Crippen LogP contribution in [0.5, 0.6) is 0 Å². The van der Waals surface area contributed by atoms with Crippen molar-refractivity contribution in [3.63, 3.8) is 0 Å². The fourth-order valence-electron chi connectivity index (χ4n) is 4.29. The van der Waals surface area contributed by atoms with Gasteiger partial charge in [-0.05, 0) is 60.9 Å². The predicted octanol–water partition coefficient (Wildman–Crippen LogP) is 5.42. The minimum absolute atomic E-state index is 0.0678. The monoisotopic (exact) mass is 633 g/mol. The van der Waals surface area contributed by atoms with Crippen LogP contribution in [0.15, 0.2) is 83.3 Å². The van der Waals surface area contributed by atoms with Gasteiger partial charge in [0.05, 0.1) is 11.9 Å². The molecule has 0 saturated heterocycles. The van der Waals surface area contributed by atoms with Gasteiger partial charge < -0.3 is 10.2 Å². The summed E-state index contributed by atoms with van der Waals surface area (Å²) >= 11 is 9.45. The van der Waals surface area contributed by atoms with E-state index in [1.165, 1.54) is 4.31 Å². The Kier molecular flexibility index (Phi) is 11.4. The van der Waals surface area contributed by atoms with E-state index in [1.807, 2.05) is 61.5 Å². The van der Waals surface area contributed by atoms with E-state index >= 15 is 0 Å². The highest BCUT2D eigenvalue weighted by atomic mass is 79.9. The van der Waals surface area contributed by atoms with Gasteiger partial charge in [0, 0.05) is 42.0 Å². The molecule has 2 amide bonds. The number of nitrogens with zero attached hydrogens (tertiary/aromatic N) is 2. The van der Waals surface area contributed by atoms with Gasteiger partial charge in [0.25, 0.3) is 0 Å². The molecule has 1 N–H and O–H groups in total. The number of rotatable bonds is 13. The van der Waals surface area contributed by atoms with E-state index in [0.29, 0.717) is 23.7 Å². The fourth-order valence-corrected chi connectivity index (χ4v) is 5.83. The molecule has 0 heterocycles. The van der Waals surface area contributed by atoms with Gasteiger partial charge >= 0.3 is 0 Å². The van der Waals surface area contributed by atoms with Crippen molar-refractivity contribution in [2.45, 2.75) is 38.8 Å². The predicted molar refractivity (Wildman–Crippen MR) is 160 cm³/mol. The first-order chi connectivity index (χ1) is 18.6. The molecule has 10 heteroatoms. The fraction of sp³-hybridized carbons (Fsp3) is 0.310. The van der Waals surface area contributed by atoms with Crippen LogP contribution in [0.2, 0.25) is 5.02 Å². The van der Waals surface area contributed by atoms with Crippen molar-refractivity contribution in [2.24, 2.45) is 0 Å². The number of carbonyl (C=O) groups excluding carboxylic acids is 2. The lowest BCUT2D eigenvalue weighted by Gasteiger charge is -2.32. The summed E-state index contributed by atoms with van der Waals surface area (Å²) in [6, 6.07) is 23.0. The smallest absolute Gasteiger partial charge is 0.243 e. The van der Waals surface area contributed by atoms with Crippen molar-refractivity contribution >= 4 is 55.1 Å². The van der Waals surface area contributed by atoms with E-state index in [-0.39, 0.29) is 37.7 Å². The lowest BCUT2D eigenvalue weighted by Crippen LogP contribution is -2.50. The second-order valence-corrected chi connectivity index (χ2v) is 12.4. The zero-order valence-corrected chi connectivity index (χ0v) is 25.2. The molecule has 3 aromatic rings. The number of halogens is 2. The molecule has 0 aliphatic heterocycles. The van der Waals surface area contributed by atoms with Crippen LogP contribution in [0.4, 0.5) is 5.69 Å². The van der Waals surface area contributed by atoms with Gasteiger partial charge in [-0.25, -0.2) is 8.42 Å². The molecule has 0 saturated carbocycles. The molecule has 1 atom stereocenters. The van der Waals surface area contributed by atoms with Crippen LogP contribution >= 0.6 is 27.5 Å². The van der Waals surface area contributed by atoms with E-state index in [4.69, 9.17) is 11.6 Å². The number of anilines is 1. The lowest BCUT2D eigenvalue weighted by atomic mass is 10.0. The Morgan fingerprint density at radius 3 is 2.26 bits per heavy atom. The molecule has 0 unspecified atom stereocenters. The minimum atomic E-state index is -3.58. The molecule has 3 aromatic carbocycles. The van der Waals surface area contributed by atoms with Crippen LogP contribution in [0.25, 0.3) is 0 Å². The molecule has 0 aromatic heterocycles. The van der Waals surface area contributed by atoms with Crippen LogP contribution in [0.1, 0.15) is 30.9 Å². The molecule has 3 rings (SSSR count). The van der Waals surface area contributed by atoms with Crippen LogP contribution in [-0.2, 0) is 32.6 Å². The molecule has 208 valence electrons. The highest BCUT2D eigenvalue weighted by molar-refractivity contribution is 9.10. The number of sulfonamides is 1. The quantitative estimate of drug-likeness (QED) is 0.272. The average molecular weight is 635 g/mol. The summed E-state index contributed by atoms with van der Waals surface area (Å²) in [5, 5.41) is 3.38. The van der Waals surface area contributed by atoms with E-state index < -0.39 is 16.1 Å². The summed E-state index contributed by atoms with van der Waals surface area (Å²) in [6.07, 6.45) is 1.83. The Hall–Kier alpha value is -2.88. The maximum Gasteiger partial charge on any atom is 0.243 e. The third-order valence-electron chi connectivity index (χ3n) is 6.13. The number of benzene rings is 3. The summed E-state index contributed by atoms with van der Waals surface area (Å²) < 4.78 is 27.2. The zero-order valence-electron chi connectivity index (χ0n) is 22.0. The first-order valence-corrected chi connectivity index (χ1v) is 15.7. The third-order valence-corrected chi connectivity index (χ3v) is 8.07. The van der Waals surface area contributed by atoms with Gasteiger partial charge in [0.15, 0.2) is 0 Å². The number of amides is 2. The zero-order chi connectivity index (χ0) is 28.4. The van der Waals surface area contributed by atoms with Crippen LogP contribution in [0.3, 0.4) is 0 Å². The van der Waals surface area contributed by atoms with Crippen molar-refractivity contribution in [1.82, 2.24) is 10.2 Å². The molecule has 0 spiro atoms. The largest absolute Gasteiger partial charge is 0.355 e. The van der Waals surface area contributed by atoms with Crippen molar-refractivity contribution < 1.29 is 18.0 Å². The van der Waals surface area contributed by atoms with Crippen LogP contribution in [0, 0.1) is 0 Å². The molecule has 0 aliphatic carbocycles. The summed E-state index contributed by atoms with van der Waals surface area (Å²) in [4.78, 5) is 28.6. The summed E-state index contributed by atoms with van der Waals surface area (Å²) in [5.41, 5.74) is 2.29. The Morgan fingerprint density at radius 1 is 0.974 bits per heavy atom. The van der Waals surface area contributed by atoms with Crippen LogP contribution in [-0.4, -0.2) is 50.5 Å². The van der Waals surface area contributed by atoms with E-state index in [0.717, 1.165) is 21.9 Å². The Labute approximate surface area is 244 Å². The van der Waals surface area contributed by atoms with Crippen molar-refractivity contribution in [3.8, 4) is 0 Å². The standard InChI is InChI=1S/C29H33BrClN3O4S/c1-3-32-29(36)27(20-22-9-5-4-6-10-22)33(21-23-11-7-12-24(30)19-23)28(35)13-8-18-34(39(2,37)38)26-16-14-25(31)15-17-26/h4-7,9-12,14-17,19,27H,3,8,13,18,20-21H2,1-2H3,(H,32,36)/t27-/m0/s1. The SMILES string of the molecule is CCNC(=O)[C@H](Cc1ccccc1)N(Cc1cccc(Br)c1)C(=O)CCCN(c1ccc(Cl)cc1)S(C)(=O)=O. The maximum atomic E-state index is 13.7. The van der Waals surface area contributed by atoms with Gasteiger partial charge in [-0.1, -0.05) is 70.0 Å². The van der Waals surface area contributed by atoms with Crippen molar-refractivity contribution in [1.29, 1.82) is 0 Å². The molecule has 0 fully saturated rings. The summed E-state index contributed by atoms with van der Waals surface area (Å²) in [7, 11) is -3.58. The van der Waals surface area contributed by atoms with Gasteiger partial charge in [0.1, 0.15) is 6.04 Å². The van der Waals surface area contributed by atoms with Gasteiger partial charge in [-0.15, -0.1) is 0 Å². The first kappa shape index (κ1) is 30.7. The van der Waals surface area contributed by atoms with E-state index in [1.54, 1.807) is 29.2 Å². The second kappa shape index (κ2) is 14.5. The van der Waals surface area contributed by atoms with Crippen molar-refractivity contribution in [2.75, 3.05) is 23.7 Å². The number of likely N-dealkylation sites (N-methyl/N-ethyl adjacent to an activating group) is 1. The Balaban J connectivity index is 1.85. The normalized spacial score (nSPS) is 12.0. The lowest BCUT2D eigenvalue weighted by molar-refractivity contribution is -0.141. The molecule has 0 radical (unpaired) electrons. The highest BCUT2D eigenvalue weighted by Crippen LogP contribution is 2.22. The molecular formula is C29H33BrClN3O4S. The topological polar surface area (TPSA) is 86.8 Å². The summed E-state index contributed by atoms with van der Waals surface area (Å²) in [5.74, 6) is -0.463. The number of hydrogen-bond donors (Lipinski definition) is 1. The summed E-state index contributed by atoms with van der Waals surface area (Å²) in [6.45, 7) is 2.63. The Morgan fingerprint density at radius 2 is 1.64 bits per heavy atom. The van der Waals surface area contributed by atoms with Gasteiger partial charge in [0.2, 0.25) is 21.8 Å². The Bertz CT molecular complexity index is 1350. The van der Waals surface area contributed by atoms with Gasteiger partial charge in [-0.2, -0.15) is 0 Å². The second-order valence-electron chi connectivity index (χ2n) is 9.17. The molecule has 39 heavy (non-hydrogen) atoms. The number of hydrogen-bond acceptors (Lipinski definition) is 4. The highest BCUT2D eigenvalue weighted by Gasteiger charge is 2.30.